The molecule has 1 aromatic rings. The van der Waals surface area contributed by atoms with Crippen molar-refractivity contribution in [2.75, 3.05) is 19.7 Å². The predicted octanol–water partition coefficient (Wildman–Crippen LogP) is 2.74. The van der Waals surface area contributed by atoms with Crippen LogP contribution in [0, 0.1) is 5.92 Å². The van der Waals surface area contributed by atoms with Gasteiger partial charge in [-0.25, -0.2) is 4.79 Å². The Hall–Kier alpha value is -2.24. The van der Waals surface area contributed by atoms with Crippen molar-refractivity contribution in [3.8, 4) is 5.75 Å². The monoisotopic (exact) mass is 348 g/mol. The van der Waals surface area contributed by atoms with Gasteiger partial charge in [0.2, 0.25) is 0 Å². The van der Waals surface area contributed by atoms with Gasteiger partial charge in [-0.15, -0.1) is 0 Å². The number of primary amides is 1. The molecule has 1 heterocycles. The number of rotatable bonds is 5. The smallest absolute Gasteiger partial charge is 0.410 e. The van der Waals surface area contributed by atoms with Crippen LogP contribution in [0.3, 0.4) is 0 Å². The molecule has 138 valence electrons. The van der Waals surface area contributed by atoms with Gasteiger partial charge in [0.1, 0.15) is 11.4 Å². The lowest BCUT2D eigenvalue weighted by atomic mass is 9.90. The Morgan fingerprint density at radius 2 is 1.76 bits per heavy atom. The van der Waals surface area contributed by atoms with Crippen LogP contribution in [0.4, 0.5) is 4.79 Å². The van der Waals surface area contributed by atoms with Gasteiger partial charge in [0.15, 0.2) is 6.61 Å². The van der Waals surface area contributed by atoms with E-state index in [0.29, 0.717) is 11.7 Å². The van der Waals surface area contributed by atoms with Crippen molar-refractivity contribution >= 4 is 12.0 Å². The Morgan fingerprint density at radius 1 is 1.16 bits per heavy atom. The molecule has 0 bridgehead atoms. The van der Waals surface area contributed by atoms with Gasteiger partial charge in [0.25, 0.3) is 5.91 Å². The van der Waals surface area contributed by atoms with Crippen molar-refractivity contribution in [3.05, 3.63) is 29.8 Å². The molecule has 0 atom stereocenters. The van der Waals surface area contributed by atoms with Crippen molar-refractivity contribution < 1.29 is 19.1 Å². The molecular weight excluding hydrogens is 320 g/mol. The second-order valence-electron chi connectivity index (χ2n) is 7.51. The van der Waals surface area contributed by atoms with Gasteiger partial charge < -0.3 is 20.1 Å². The van der Waals surface area contributed by atoms with Crippen LogP contribution in [0.1, 0.15) is 39.2 Å². The molecule has 1 fully saturated rings. The Bertz CT molecular complexity index is 584. The summed E-state index contributed by atoms with van der Waals surface area (Å²) in [4.78, 5) is 24.6. The maximum atomic E-state index is 12.1. The first kappa shape index (κ1) is 19.1. The number of amides is 2. The Labute approximate surface area is 149 Å². The molecule has 1 aromatic carbocycles. The number of ether oxygens (including phenoxy) is 2. The van der Waals surface area contributed by atoms with E-state index in [2.05, 4.69) is 0 Å². The first-order valence-electron chi connectivity index (χ1n) is 8.71. The number of carbonyl (C=O) groups is 2. The normalized spacial score (nSPS) is 15.7. The van der Waals surface area contributed by atoms with E-state index < -0.39 is 11.5 Å². The van der Waals surface area contributed by atoms with Crippen LogP contribution in [0.2, 0.25) is 0 Å². The molecule has 25 heavy (non-hydrogen) atoms. The number of carbonyl (C=O) groups excluding carboxylic acids is 2. The largest absolute Gasteiger partial charge is 0.484 e. The third-order valence-electron chi connectivity index (χ3n) is 4.10. The van der Waals surface area contributed by atoms with Crippen LogP contribution < -0.4 is 10.5 Å². The molecule has 1 aliphatic rings. The molecule has 2 rings (SSSR count). The highest BCUT2D eigenvalue weighted by molar-refractivity contribution is 5.75. The summed E-state index contributed by atoms with van der Waals surface area (Å²) in [5.74, 6) is 0.708. The Balaban J connectivity index is 1.78. The molecule has 6 nitrogen and oxygen atoms in total. The minimum absolute atomic E-state index is 0.109. The summed E-state index contributed by atoms with van der Waals surface area (Å²) in [6.45, 7) is 7.01. The van der Waals surface area contributed by atoms with Crippen LogP contribution in [0.25, 0.3) is 0 Å². The van der Waals surface area contributed by atoms with Gasteiger partial charge in [-0.1, -0.05) is 12.1 Å². The summed E-state index contributed by atoms with van der Waals surface area (Å²) in [5.41, 5.74) is 5.83. The van der Waals surface area contributed by atoms with Crippen molar-refractivity contribution in [1.29, 1.82) is 0 Å². The first-order valence-corrected chi connectivity index (χ1v) is 8.71. The number of hydrogen-bond acceptors (Lipinski definition) is 4. The van der Waals surface area contributed by atoms with E-state index in [1.165, 1.54) is 5.56 Å². The number of likely N-dealkylation sites (tertiary alicyclic amines) is 1. The van der Waals surface area contributed by atoms with E-state index in [1.807, 2.05) is 45.0 Å². The summed E-state index contributed by atoms with van der Waals surface area (Å²) in [6.07, 6.45) is 2.69. The number of piperidine rings is 1. The number of benzene rings is 1. The second kappa shape index (κ2) is 8.23. The number of nitrogens with two attached hydrogens (primary N) is 1. The predicted molar refractivity (Wildman–Crippen MR) is 95.4 cm³/mol. The van der Waals surface area contributed by atoms with Crippen LogP contribution in [0.5, 0.6) is 5.75 Å². The van der Waals surface area contributed by atoms with Crippen LogP contribution in [0.15, 0.2) is 24.3 Å². The molecule has 0 saturated carbocycles. The molecule has 0 aliphatic carbocycles. The van der Waals surface area contributed by atoms with Crippen molar-refractivity contribution in [3.63, 3.8) is 0 Å². The molecule has 0 unspecified atom stereocenters. The molecule has 1 saturated heterocycles. The molecule has 0 spiro atoms. The molecule has 2 amide bonds. The fourth-order valence-corrected chi connectivity index (χ4v) is 2.86. The lowest BCUT2D eigenvalue weighted by molar-refractivity contribution is -0.119. The SMILES string of the molecule is CC(C)(C)OC(=O)N1CCC(Cc2ccc(OCC(N)=O)cc2)CC1. The van der Waals surface area contributed by atoms with E-state index in [-0.39, 0.29) is 12.7 Å². The lowest BCUT2D eigenvalue weighted by Gasteiger charge is -2.33. The van der Waals surface area contributed by atoms with Crippen LogP contribution >= 0.6 is 0 Å². The lowest BCUT2D eigenvalue weighted by Crippen LogP contribution is -2.42. The molecule has 1 aliphatic heterocycles. The molecular formula is C19H28N2O4. The maximum absolute atomic E-state index is 12.1. The minimum atomic E-state index is -0.485. The fourth-order valence-electron chi connectivity index (χ4n) is 2.86. The van der Waals surface area contributed by atoms with Gasteiger partial charge in [0, 0.05) is 13.1 Å². The third-order valence-corrected chi connectivity index (χ3v) is 4.10. The number of nitrogens with zero attached hydrogens (tertiary/aromatic N) is 1. The van der Waals surface area contributed by atoms with Crippen LogP contribution in [-0.2, 0) is 16.0 Å². The average molecular weight is 348 g/mol. The quantitative estimate of drug-likeness (QED) is 0.887. The Kier molecular flexibility index (Phi) is 6.28. The minimum Gasteiger partial charge on any atom is -0.484 e. The zero-order valence-corrected chi connectivity index (χ0v) is 15.3. The fraction of sp³-hybridized carbons (Fsp3) is 0.579. The van der Waals surface area contributed by atoms with E-state index >= 15 is 0 Å². The second-order valence-corrected chi connectivity index (χ2v) is 7.51. The van der Waals surface area contributed by atoms with E-state index in [0.717, 1.165) is 32.4 Å². The summed E-state index contributed by atoms with van der Waals surface area (Å²) in [5, 5.41) is 0. The van der Waals surface area contributed by atoms with Gasteiger partial charge >= 0.3 is 6.09 Å². The van der Waals surface area contributed by atoms with Crippen molar-refractivity contribution in [2.45, 2.75) is 45.6 Å². The van der Waals surface area contributed by atoms with Gasteiger partial charge in [-0.3, -0.25) is 4.79 Å². The molecule has 2 N–H and O–H groups in total. The van der Waals surface area contributed by atoms with Gasteiger partial charge in [-0.05, 0) is 63.6 Å². The van der Waals surface area contributed by atoms with Crippen molar-refractivity contribution in [2.24, 2.45) is 11.7 Å². The van der Waals surface area contributed by atoms with Gasteiger partial charge in [0.05, 0.1) is 0 Å². The molecule has 0 radical (unpaired) electrons. The van der Waals surface area contributed by atoms with Gasteiger partial charge in [-0.2, -0.15) is 0 Å². The van der Waals surface area contributed by atoms with Crippen molar-refractivity contribution in [1.82, 2.24) is 4.90 Å². The summed E-state index contributed by atoms with van der Waals surface area (Å²) in [6, 6.07) is 7.73. The first-order chi connectivity index (χ1) is 11.7. The highest BCUT2D eigenvalue weighted by atomic mass is 16.6. The average Bonchev–Trinajstić information content (AvgIpc) is 2.53. The van der Waals surface area contributed by atoms with E-state index in [1.54, 1.807) is 4.90 Å². The highest BCUT2D eigenvalue weighted by Gasteiger charge is 2.26. The topological polar surface area (TPSA) is 81.9 Å². The zero-order chi connectivity index (χ0) is 18.4. The summed E-state index contributed by atoms with van der Waals surface area (Å²) in [7, 11) is 0. The molecule has 0 aromatic heterocycles. The Morgan fingerprint density at radius 3 is 2.28 bits per heavy atom. The van der Waals surface area contributed by atoms with E-state index in [9.17, 15) is 9.59 Å². The molecule has 6 heteroatoms. The third kappa shape index (κ3) is 6.64. The zero-order valence-electron chi connectivity index (χ0n) is 15.3. The standard InChI is InChI=1S/C19H28N2O4/c1-19(2,3)25-18(23)21-10-8-15(9-11-21)12-14-4-6-16(7-5-14)24-13-17(20)22/h4-7,15H,8-13H2,1-3H3,(H2,20,22). The summed E-state index contributed by atoms with van der Waals surface area (Å²) >= 11 is 0. The van der Waals surface area contributed by atoms with E-state index in [4.69, 9.17) is 15.2 Å². The maximum Gasteiger partial charge on any atom is 0.410 e. The number of hydrogen-bond donors (Lipinski definition) is 1. The summed E-state index contributed by atoms with van der Waals surface area (Å²) < 4.78 is 10.7. The highest BCUT2D eigenvalue weighted by Crippen LogP contribution is 2.24. The van der Waals surface area contributed by atoms with Crippen LogP contribution in [-0.4, -0.2) is 42.2 Å².